The second-order valence-corrected chi connectivity index (χ2v) is 5.42. The Morgan fingerprint density at radius 1 is 1.45 bits per heavy atom. The lowest BCUT2D eigenvalue weighted by molar-refractivity contribution is -0.383. The number of ether oxygens (including phenoxy) is 1. The van der Waals surface area contributed by atoms with Crippen molar-refractivity contribution in [3.05, 3.63) is 28.3 Å². The van der Waals surface area contributed by atoms with E-state index in [4.69, 9.17) is 16.2 Å². The Morgan fingerprint density at radius 2 is 2.25 bits per heavy atom. The van der Waals surface area contributed by atoms with E-state index in [1.54, 1.807) is 12.1 Å². The van der Waals surface area contributed by atoms with Crippen molar-refractivity contribution >= 4 is 17.1 Å². The SMILES string of the molecule is Nc1cc(NC2C(N)C3CCCOC32)ccc1[N+](=O)[O-]. The minimum Gasteiger partial charge on any atom is -0.393 e. The molecule has 7 nitrogen and oxygen atoms in total. The molecule has 2 aliphatic rings. The van der Waals surface area contributed by atoms with E-state index in [9.17, 15) is 10.1 Å². The third kappa shape index (κ3) is 2.08. The second kappa shape index (κ2) is 4.92. The lowest BCUT2D eigenvalue weighted by Crippen LogP contribution is -2.69. The Balaban J connectivity index is 1.72. The number of benzene rings is 1. The number of nitrogens with one attached hydrogen (secondary N) is 1. The van der Waals surface area contributed by atoms with Crippen molar-refractivity contribution < 1.29 is 9.66 Å². The number of nitro groups is 1. The zero-order valence-electron chi connectivity index (χ0n) is 11.0. The highest BCUT2D eigenvalue weighted by Crippen LogP contribution is 2.39. The van der Waals surface area contributed by atoms with Crippen LogP contribution in [0.3, 0.4) is 0 Å². The van der Waals surface area contributed by atoms with E-state index in [1.165, 1.54) is 6.07 Å². The summed E-state index contributed by atoms with van der Waals surface area (Å²) in [7, 11) is 0. The molecule has 7 heteroatoms. The average molecular weight is 278 g/mol. The molecule has 0 spiro atoms. The molecule has 4 atom stereocenters. The third-order valence-electron chi connectivity index (χ3n) is 4.23. The topological polar surface area (TPSA) is 116 Å². The average Bonchev–Trinajstić information content (AvgIpc) is 2.44. The summed E-state index contributed by atoms with van der Waals surface area (Å²) in [6.45, 7) is 0.772. The van der Waals surface area contributed by atoms with Gasteiger partial charge < -0.3 is 21.5 Å². The molecule has 1 heterocycles. The predicted molar refractivity (Wildman–Crippen MR) is 75.4 cm³/mol. The lowest BCUT2D eigenvalue weighted by Gasteiger charge is -2.52. The van der Waals surface area contributed by atoms with E-state index in [0.717, 1.165) is 25.1 Å². The molecule has 0 radical (unpaired) electrons. The van der Waals surface area contributed by atoms with Crippen LogP contribution in [0.2, 0.25) is 0 Å². The highest BCUT2D eigenvalue weighted by molar-refractivity contribution is 5.66. The van der Waals surface area contributed by atoms with Crippen LogP contribution in [0.25, 0.3) is 0 Å². The summed E-state index contributed by atoms with van der Waals surface area (Å²) in [5.74, 6) is 0.414. The van der Waals surface area contributed by atoms with Crippen LogP contribution in [0, 0.1) is 16.0 Å². The first-order valence-electron chi connectivity index (χ1n) is 6.75. The molecule has 1 saturated heterocycles. The van der Waals surface area contributed by atoms with Gasteiger partial charge in [-0.2, -0.15) is 0 Å². The van der Waals surface area contributed by atoms with Gasteiger partial charge in [0.25, 0.3) is 5.69 Å². The number of anilines is 2. The highest BCUT2D eigenvalue weighted by atomic mass is 16.6. The molecule has 1 aliphatic heterocycles. The molecule has 5 N–H and O–H groups in total. The minimum atomic E-state index is -0.492. The monoisotopic (exact) mass is 278 g/mol. The van der Waals surface area contributed by atoms with E-state index in [-0.39, 0.29) is 29.6 Å². The summed E-state index contributed by atoms with van der Waals surface area (Å²) in [5, 5.41) is 14.0. The predicted octanol–water partition coefficient (Wildman–Crippen LogP) is 1.09. The number of hydrogen-bond acceptors (Lipinski definition) is 6. The van der Waals surface area contributed by atoms with Gasteiger partial charge in [-0.05, 0) is 25.0 Å². The van der Waals surface area contributed by atoms with Gasteiger partial charge in [0.1, 0.15) is 5.69 Å². The summed E-state index contributed by atoms with van der Waals surface area (Å²) < 4.78 is 5.74. The third-order valence-corrected chi connectivity index (χ3v) is 4.23. The fourth-order valence-corrected chi connectivity index (χ4v) is 3.13. The van der Waals surface area contributed by atoms with Crippen LogP contribution < -0.4 is 16.8 Å². The molecule has 1 saturated carbocycles. The minimum absolute atomic E-state index is 0.0427. The number of nitrogen functional groups attached to an aromatic ring is 1. The largest absolute Gasteiger partial charge is 0.393 e. The van der Waals surface area contributed by atoms with Crippen LogP contribution in [0.15, 0.2) is 18.2 Å². The van der Waals surface area contributed by atoms with Gasteiger partial charge >= 0.3 is 0 Å². The zero-order chi connectivity index (χ0) is 14.3. The molecule has 1 aromatic carbocycles. The van der Waals surface area contributed by atoms with E-state index in [1.807, 2.05) is 0 Å². The summed E-state index contributed by atoms with van der Waals surface area (Å²) in [4.78, 5) is 10.2. The molecule has 0 amide bonds. The van der Waals surface area contributed by atoms with Gasteiger partial charge in [0, 0.05) is 30.3 Å². The van der Waals surface area contributed by atoms with Gasteiger partial charge in [-0.15, -0.1) is 0 Å². The van der Waals surface area contributed by atoms with Crippen molar-refractivity contribution in [2.24, 2.45) is 11.7 Å². The Labute approximate surface area is 116 Å². The molecule has 2 fully saturated rings. The summed E-state index contributed by atoms with van der Waals surface area (Å²) in [6, 6.07) is 4.72. The van der Waals surface area contributed by atoms with Crippen molar-refractivity contribution in [3.8, 4) is 0 Å². The fraction of sp³-hybridized carbons (Fsp3) is 0.538. The first-order valence-corrected chi connectivity index (χ1v) is 6.75. The lowest BCUT2D eigenvalue weighted by atomic mass is 9.68. The maximum atomic E-state index is 10.7. The molecular formula is C13H18N4O3. The molecule has 4 unspecified atom stereocenters. The molecule has 0 aromatic heterocycles. The summed E-state index contributed by atoms with van der Waals surface area (Å²) in [5.41, 5.74) is 12.6. The van der Waals surface area contributed by atoms with E-state index >= 15 is 0 Å². The number of fused-ring (bicyclic) bond motifs is 1. The number of nitro benzene ring substituents is 1. The maximum Gasteiger partial charge on any atom is 0.292 e. The molecule has 3 rings (SSSR count). The van der Waals surface area contributed by atoms with E-state index in [0.29, 0.717) is 5.92 Å². The van der Waals surface area contributed by atoms with Crippen LogP contribution in [0.4, 0.5) is 17.1 Å². The number of nitrogens with zero attached hydrogens (tertiary/aromatic N) is 1. The van der Waals surface area contributed by atoms with Gasteiger partial charge in [-0.25, -0.2) is 0 Å². The zero-order valence-corrected chi connectivity index (χ0v) is 11.0. The molecule has 108 valence electrons. The Bertz CT molecular complexity index is 536. The van der Waals surface area contributed by atoms with Crippen molar-refractivity contribution in [2.45, 2.75) is 31.0 Å². The molecule has 1 aliphatic carbocycles. The normalized spacial score (nSPS) is 32.0. The Kier molecular flexibility index (Phi) is 3.23. The first kappa shape index (κ1) is 13.1. The van der Waals surface area contributed by atoms with E-state index in [2.05, 4.69) is 5.32 Å². The number of nitrogens with two attached hydrogens (primary N) is 2. The van der Waals surface area contributed by atoms with Gasteiger partial charge in [-0.1, -0.05) is 0 Å². The molecule has 1 aromatic rings. The fourth-order valence-electron chi connectivity index (χ4n) is 3.13. The Morgan fingerprint density at radius 3 is 2.95 bits per heavy atom. The maximum absolute atomic E-state index is 10.7. The standard InChI is InChI=1S/C13H18N4O3/c14-9-6-7(3-4-10(9)17(18)19)16-12-11(15)8-2-1-5-20-13(8)12/h3-4,6,8,11-13,16H,1-2,5,14-15H2. The van der Waals surface area contributed by atoms with Crippen LogP contribution in [-0.4, -0.2) is 29.7 Å². The van der Waals surface area contributed by atoms with Gasteiger partial charge in [0.05, 0.1) is 17.1 Å². The van der Waals surface area contributed by atoms with E-state index < -0.39 is 4.92 Å². The highest BCUT2D eigenvalue weighted by Gasteiger charge is 2.50. The van der Waals surface area contributed by atoms with Crippen LogP contribution >= 0.6 is 0 Å². The first-order chi connectivity index (χ1) is 9.58. The second-order valence-electron chi connectivity index (χ2n) is 5.42. The van der Waals surface area contributed by atoms with Crippen molar-refractivity contribution in [2.75, 3.05) is 17.7 Å². The smallest absolute Gasteiger partial charge is 0.292 e. The van der Waals surface area contributed by atoms with Crippen LogP contribution in [0.1, 0.15) is 12.8 Å². The summed E-state index contributed by atoms with van der Waals surface area (Å²) >= 11 is 0. The van der Waals surface area contributed by atoms with Gasteiger partial charge in [-0.3, -0.25) is 10.1 Å². The van der Waals surface area contributed by atoms with Crippen molar-refractivity contribution in [1.82, 2.24) is 0 Å². The molecule has 0 bridgehead atoms. The van der Waals surface area contributed by atoms with Crippen LogP contribution in [0.5, 0.6) is 0 Å². The molecule has 20 heavy (non-hydrogen) atoms. The van der Waals surface area contributed by atoms with Crippen LogP contribution in [-0.2, 0) is 4.74 Å². The number of rotatable bonds is 3. The van der Waals surface area contributed by atoms with Gasteiger partial charge in [0.15, 0.2) is 0 Å². The Hall–Kier alpha value is -1.86. The van der Waals surface area contributed by atoms with Crippen molar-refractivity contribution in [1.29, 1.82) is 0 Å². The van der Waals surface area contributed by atoms with Gasteiger partial charge in [0.2, 0.25) is 0 Å². The molecular weight excluding hydrogens is 260 g/mol. The summed E-state index contributed by atoms with van der Waals surface area (Å²) in [6.07, 6.45) is 2.30. The van der Waals surface area contributed by atoms with Crippen molar-refractivity contribution in [3.63, 3.8) is 0 Å². The number of hydrogen-bond donors (Lipinski definition) is 3. The quantitative estimate of drug-likeness (QED) is 0.433.